The SMILES string of the molecule is C=C(N=C(C)c1ccc(OC(C)C)c(C#N)c1)c1cccc2c1CCC2CNCC(=O)O. The van der Waals surface area contributed by atoms with E-state index < -0.39 is 5.97 Å². The Bertz CT molecular complexity index is 1100. The molecule has 0 aromatic heterocycles. The third-order valence-electron chi connectivity index (χ3n) is 5.56. The zero-order valence-corrected chi connectivity index (χ0v) is 18.8. The maximum atomic E-state index is 10.8. The first-order chi connectivity index (χ1) is 15.3. The molecular formula is C26H29N3O3. The number of aliphatic imine (C=N–C) groups is 1. The molecule has 166 valence electrons. The Morgan fingerprint density at radius 3 is 2.84 bits per heavy atom. The molecule has 0 bridgehead atoms. The number of hydrogen-bond acceptors (Lipinski definition) is 5. The summed E-state index contributed by atoms with van der Waals surface area (Å²) in [5, 5.41) is 21.4. The summed E-state index contributed by atoms with van der Waals surface area (Å²) < 4.78 is 5.71. The average molecular weight is 432 g/mol. The summed E-state index contributed by atoms with van der Waals surface area (Å²) >= 11 is 0. The maximum Gasteiger partial charge on any atom is 0.317 e. The van der Waals surface area contributed by atoms with E-state index >= 15 is 0 Å². The van der Waals surface area contributed by atoms with E-state index in [1.165, 1.54) is 11.1 Å². The summed E-state index contributed by atoms with van der Waals surface area (Å²) in [7, 11) is 0. The van der Waals surface area contributed by atoms with Crippen LogP contribution < -0.4 is 10.1 Å². The zero-order valence-electron chi connectivity index (χ0n) is 18.8. The average Bonchev–Trinajstić information content (AvgIpc) is 3.16. The number of aliphatic carboxylic acids is 1. The molecule has 0 fully saturated rings. The van der Waals surface area contributed by atoms with Gasteiger partial charge >= 0.3 is 5.97 Å². The van der Waals surface area contributed by atoms with E-state index in [2.05, 4.69) is 24.0 Å². The lowest BCUT2D eigenvalue weighted by atomic mass is 9.97. The van der Waals surface area contributed by atoms with Crippen LogP contribution in [0.15, 0.2) is 48.0 Å². The second-order valence-corrected chi connectivity index (χ2v) is 8.27. The van der Waals surface area contributed by atoms with Crippen molar-refractivity contribution in [1.82, 2.24) is 5.32 Å². The topological polar surface area (TPSA) is 94.7 Å². The van der Waals surface area contributed by atoms with Gasteiger partial charge in [-0.1, -0.05) is 24.8 Å². The van der Waals surface area contributed by atoms with Crippen molar-refractivity contribution in [3.05, 3.63) is 70.8 Å². The number of carboxylic acid groups (broad SMARTS) is 1. The highest BCUT2D eigenvalue weighted by molar-refractivity contribution is 6.02. The van der Waals surface area contributed by atoms with Crippen molar-refractivity contribution in [1.29, 1.82) is 5.26 Å². The fourth-order valence-corrected chi connectivity index (χ4v) is 4.10. The van der Waals surface area contributed by atoms with Crippen LogP contribution in [0, 0.1) is 11.3 Å². The largest absolute Gasteiger partial charge is 0.490 e. The van der Waals surface area contributed by atoms with Gasteiger partial charge < -0.3 is 15.2 Å². The van der Waals surface area contributed by atoms with Crippen molar-refractivity contribution < 1.29 is 14.6 Å². The van der Waals surface area contributed by atoms with E-state index in [9.17, 15) is 10.1 Å². The number of nitrogens with zero attached hydrogens (tertiary/aromatic N) is 2. The van der Waals surface area contributed by atoms with E-state index in [-0.39, 0.29) is 18.6 Å². The Kier molecular flexibility index (Phi) is 7.45. The van der Waals surface area contributed by atoms with Crippen molar-refractivity contribution in [2.24, 2.45) is 4.99 Å². The fourth-order valence-electron chi connectivity index (χ4n) is 4.10. The Hall–Kier alpha value is -3.43. The number of hydrogen-bond donors (Lipinski definition) is 2. The number of nitriles is 1. The van der Waals surface area contributed by atoms with Crippen LogP contribution in [0.25, 0.3) is 5.70 Å². The molecule has 0 saturated heterocycles. The normalized spacial score (nSPS) is 15.3. The van der Waals surface area contributed by atoms with Crippen molar-refractivity contribution in [2.75, 3.05) is 13.1 Å². The van der Waals surface area contributed by atoms with Crippen molar-refractivity contribution in [3.63, 3.8) is 0 Å². The molecule has 32 heavy (non-hydrogen) atoms. The molecule has 2 aromatic rings. The van der Waals surface area contributed by atoms with E-state index in [0.717, 1.165) is 29.7 Å². The molecule has 0 spiro atoms. The third-order valence-corrected chi connectivity index (χ3v) is 5.56. The van der Waals surface area contributed by atoms with E-state index in [0.29, 0.717) is 23.6 Å². The molecule has 6 heteroatoms. The summed E-state index contributed by atoms with van der Waals surface area (Å²) in [4.78, 5) is 15.5. The molecule has 1 aliphatic carbocycles. The van der Waals surface area contributed by atoms with Crippen LogP contribution in [0.4, 0.5) is 0 Å². The van der Waals surface area contributed by atoms with Gasteiger partial charge in [0.25, 0.3) is 0 Å². The Morgan fingerprint density at radius 1 is 1.38 bits per heavy atom. The Labute approximate surface area is 189 Å². The van der Waals surface area contributed by atoms with Gasteiger partial charge in [0.05, 0.1) is 23.9 Å². The van der Waals surface area contributed by atoms with Gasteiger partial charge in [0.2, 0.25) is 0 Å². The van der Waals surface area contributed by atoms with Gasteiger partial charge in [-0.3, -0.25) is 9.79 Å². The molecular weight excluding hydrogens is 402 g/mol. The van der Waals surface area contributed by atoms with Gasteiger partial charge in [0.15, 0.2) is 0 Å². The maximum absolute atomic E-state index is 10.8. The van der Waals surface area contributed by atoms with Gasteiger partial charge in [0, 0.05) is 17.8 Å². The molecule has 1 aliphatic rings. The summed E-state index contributed by atoms with van der Waals surface area (Å²) in [5.74, 6) is 0.00804. The molecule has 0 aliphatic heterocycles. The van der Waals surface area contributed by atoms with Crippen LogP contribution in [0.2, 0.25) is 0 Å². The van der Waals surface area contributed by atoms with Crippen LogP contribution in [0.3, 0.4) is 0 Å². The smallest absolute Gasteiger partial charge is 0.317 e. The van der Waals surface area contributed by atoms with Crippen LogP contribution in [0.5, 0.6) is 5.75 Å². The minimum Gasteiger partial charge on any atom is -0.490 e. The second kappa shape index (κ2) is 10.3. The van der Waals surface area contributed by atoms with Crippen LogP contribution in [-0.2, 0) is 11.2 Å². The predicted molar refractivity (Wildman–Crippen MR) is 126 cm³/mol. The molecule has 0 saturated carbocycles. The number of carboxylic acids is 1. The van der Waals surface area contributed by atoms with E-state index in [1.807, 2.05) is 45.0 Å². The minimum atomic E-state index is -0.849. The monoisotopic (exact) mass is 431 g/mol. The summed E-state index contributed by atoms with van der Waals surface area (Å²) in [6, 6.07) is 13.9. The van der Waals surface area contributed by atoms with E-state index in [4.69, 9.17) is 14.8 Å². The molecule has 0 amide bonds. The molecule has 1 atom stereocenters. The van der Waals surface area contributed by atoms with Crippen LogP contribution >= 0.6 is 0 Å². The Morgan fingerprint density at radius 2 is 2.16 bits per heavy atom. The highest BCUT2D eigenvalue weighted by Gasteiger charge is 2.25. The molecule has 3 rings (SSSR count). The lowest BCUT2D eigenvalue weighted by Gasteiger charge is -2.14. The summed E-state index contributed by atoms with van der Waals surface area (Å²) in [6.07, 6.45) is 1.88. The highest BCUT2D eigenvalue weighted by atomic mass is 16.5. The summed E-state index contributed by atoms with van der Waals surface area (Å²) in [5.41, 5.74) is 6.27. The lowest BCUT2D eigenvalue weighted by molar-refractivity contribution is -0.135. The molecule has 6 nitrogen and oxygen atoms in total. The highest BCUT2D eigenvalue weighted by Crippen LogP contribution is 2.37. The number of rotatable bonds is 9. The minimum absolute atomic E-state index is 0.00850. The van der Waals surface area contributed by atoms with E-state index in [1.54, 1.807) is 6.07 Å². The predicted octanol–water partition coefficient (Wildman–Crippen LogP) is 4.53. The standard InChI is InChI=1S/C26H29N3O3/c1-16(2)32-25-11-9-19(12-21(25)13-27)17(3)29-18(4)22-6-5-7-23-20(8-10-24(22)23)14-28-15-26(30)31/h5-7,9,11-12,16,20,28H,4,8,10,14-15H2,1-3H3,(H,30,31). The molecule has 2 N–H and O–H groups in total. The number of nitrogens with one attached hydrogen (secondary N) is 1. The van der Waals surface area contributed by atoms with Crippen molar-refractivity contribution >= 4 is 17.4 Å². The number of fused-ring (bicyclic) bond motifs is 1. The zero-order chi connectivity index (χ0) is 23.3. The quantitative estimate of drug-likeness (QED) is 0.569. The summed E-state index contributed by atoms with van der Waals surface area (Å²) in [6.45, 7) is 10.6. The van der Waals surface area contributed by atoms with Gasteiger partial charge in [-0.05, 0) is 74.4 Å². The fraction of sp³-hybridized carbons (Fsp3) is 0.346. The van der Waals surface area contributed by atoms with Gasteiger partial charge in [-0.2, -0.15) is 5.26 Å². The second-order valence-electron chi connectivity index (χ2n) is 8.27. The van der Waals surface area contributed by atoms with Gasteiger partial charge in [0.1, 0.15) is 11.8 Å². The van der Waals surface area contributed by atoms with Gasteiger partial charge in [-0.25, -0.2) is 0 Å². The molecule has 1 unspecified atom stereocenters. The lowest BCUT2D eigenvalue weighted by Crippen LogP contribution is -2.26. The van der Waals surface area contributed by atoms with Crippen molar-refractivity contribution in [3.8, 4) is 11.8 Å². The van der Waals surface area contributed by atoms with Crippen molar-refractivity contribution in [2.45, 2.75) is 45.6 Å². The third kappa shape index (κ3) is 5.43. The van der Waals surface area contributed by atoms with Crippen LogP contribution in [0.1, 0.15) is 60.9 Å². The molecule has 0 radical (unpaired) electrons. The first-order valence-corrected chi connectivity index (χ1v) is 10.8. The molecule has 0 heterocycles. The first-order valence-electron chi connectivity index (χ1n) is 10.8. The Balaban J connectivity index is 1.81. The van der Waals surface area contributed by atoms with Crippen LogP contribution in [-0.4, -0.2) is 36.0 Å². The van der Waals surface area contributed by atoms with Gasteiger partial charge in [-0.15, -0.1) is 0 Å². The number of ether oxygens (including phenoxy) is 1. The number of carbonyl (C=O) groups is 1. The first kappa shape index (κ1) is 23.2. The molecule has 2 aromatic carbocycles. The number of benzene rings is 2.